The summed E-state index contributed by atoms with van der Waals surface area (Å²) in [6, 6.07) is 14.3. The molecule has 0 unspecified atom stereocenters. The van der Waals surface area contributed by atoms with Crippen LogP contribution in [-0.4, -0.2) is 17.9 Å². The molecule has 0 bridgehead atoms. The SMILES string of the molecule is CC(C)Oc1ccccc1NC(=O)CC(=O)NCc1ccc(Cl)cc1. The number of halogens is 1. The summed E-state index contributed by atoms with van der Waals surface area (Å²) in [5.41, 5.74) is 1.46. The second kappa shape index (κ2) is 9.08. The lowest BCUT2D eigenvalue weighted by Crippen LogP contribution is -2.27. The Bertz CT molecular complexity index is 730. The fraction of sp³-hybridized carbons (Fsp3) is 0.263. The van der Waals surface area contributed by atoms with E-state index in [9.17, 15) is 9.59 Å². The molecule has 0 aliphatic heterocycles. The molecular weight excluding hydrogens is 340 g/mol. The van der Waals surface area contributed by atoms with Crippen LogP contribution in [0.4, 0.5) is 5.69 Å². The predicted octanol–water partition coefficient (Wildman–Crippen LogP) is 3.77. The van der Waals surface area contributed by atoms with E-state index in [1.54, 1.807) is 30.3 Å². The van der Waals surface area contributed by atoms with Gasteiger partial charge in [-0.15, -0.1) is 0 Å². The molecular formula is C19H21ClN2O3. The van der Waals surface area contributed by atoms with Crippen LogP contribution < -0.4 is 15.4 Å². The van der Waals surface area contributed by atoms with Gasteiger partial charge >= 0.3 is 0 Å². The van der Waals surface area contributed by atoms with E-state index < -0.39 is 5.91 Å². The van der Waals surface area contributed by atoms with Gasteiger partial charge in [-0.05, 0) is 43.7 Å². The quantitative estimate of drug-likeness (QED) is 0.738. The highest BCUT2D eigenvalue weighted by Crippen LogP contribution is 2.24. The van der Waals surface area contributed by atoms with Gasteiger partial charge in [0.05, 0.1) is 11.8 Å². The zero-order valence-electron chi connectivity index (χ0n) is 14.2. The third-order valence-electron chi connectivity index (χ3n) is 3.25. The van der Waals surface area contributed by atoms with Gasteiger partial charge in [-0.1, -0.05) is 35.9 Å². The van der Waals surface area contributed by atoms with E-state index in [2.05, 4.69) is 10.6 Å². The second-order valence-electron chi connectivity index (χ2n) is 5.79. The Balaban J connectivity index is 1.85. The van der Waals surface area contributed by atoms with Crippen molar-refractivity contribution < 1.29 is 14.3 Å². The molecule has 2 rings (SSSR count). The van der Waals surface area contributed by atoms with Crippen molar-refractivity contribution in [3.05, 3.63) is 59.1 Å². The maximum Gasteiger partial charge on any atom is 0.233 e. The van der Waals surface area contributed by atoms with Crippen molar-refractivity contribution in [2.45, 2.75) is 32.9 Å². The Labute approximate surface area is 152 Å². The zero-order chi connectivity index (χ0) is 18.2. The van der Waals surface area contributed by atoms with Crippen molar-refractivity contribution in [3.8, 4) is 5.75 Å². The second-order valence-corrected chi connectivity index (χ2v) is 6.23. The molecule has 0 spiro atoms. The molecule has 0 saturated carbocycles. The first kappa shape index (κ1) is 18.8. The first-order chi connectivity index (χ1) is 11.9. The number of para-hydroxylation sites is 2. The minimum atomic E-state index is -0.395. The highest BCUT2D eigenvalue weighted by molar-refractivity contribution is 6.30. The third kappa shape index (κ3) is 6.47. The zero-order valence-corrected chi connectivity index (χ0v) is 15.0. The normalized spacial score (nSPS) is 10.4. The van der Waals surface area contributed by atoms with Crippen molar-refractivity contribution in [2.75, 3.05) is 5.32 Å². The Kier molecular flexibility index (Phi) is 6.83. The van der Waals surface area contributed by atoms with Crippen molar-refractivity contribution in [2.24, 2.45) is 0 Å². The average molecular weight is 361 g/mol. The maximum atomic E-state index is 12.1. The maximum absolute atomic E-state index is 12.1. The Morgan fingerprint density at radius 3 is 2.40 bits per heavy atom. The largest absolute Gasteiger partial charge is 0.489 e. The van der Waals surface area contributed by atoms with E-state index in [-0.39, 0.29) is 18.4 Å². The minimum Gasteiger partial charge on any atom is -0.489 e. The van der Waals surface area contributed by atoms with Gasteiger partial charge in [0, 0.05) is 11.6 Å². The van der Waals surface area contributed by atoms with Gasteiger partial charge in [-0.25, -0.2) is 0 Å². The van der Waals surface area contributed by atoms with Crippen molar-refractivity contribution in [3.63, 3.8) is 0 Å². The number of amides is 2. The molecule has 0 aliphatic rings. The number of carbonyl (C=O) groups excluding carboxylic acids is 2. The van der Waals surface area contributed by atoms with E-state index in [0.717, 1.165) is 5.56 Å². The summed E-state index contributed by atoms with van der Waals surface area (Å²) in [5, 5.41) is 6.05. The van der Waals surface area contributed by atoms with Crippen LogP contribution in [-0.2, 0) is 16.1 Å². The number of hydrogen-bond donors (Lipinski definition) is 2. The van der Waals surface area contributed by atoms with Crippen LogP contribution in [0.5, 0.6) is 5.75 Å². The Morgan fingerprint density at radius 1 is 1.04 bits per heavy atom. The molecule has 5 nitrogen and oxygen atoms in total. The molecule has 132 valence electrons. The predicted molar refractivity (Wildman–Crippen MR) is 98.8 cm³/mol. The summed E-state index contributed by atoms with van der Waals surface area (Å²) in [6.07, 6.45) is -0.274. The summed E-state index contributed by atoms with van der Waals surface area (Å²) in [5.74, 6) is -0.171. The van der Waals surface area contributed by atoms with Crippen molar-refractivity contribution in [1.29, 1.82) is 0 Å². The van der Waals surface area contributed by atoms with Gasteiger partial charge in [-0.3, -0.25) is 9.59 Å². The van der Waals surface area contributed by atoms with E-state index in [1.165, 1.54) is 0 Å². The summed E-state index contributed by atoms with van der Waals surface area (Å²) >= 11 is 5.81. The number of rotatable bonds is 7. The number of anilines is 1. The number of ether oxygens (including phenoxy) is 1. The van der Waals surface area contributed by atoms with E-state index in [4.69, 9.17) is 16.3 Å². The first-order valence-corrected chi connectivity index (χ1v) is 8.38. The lowest BCUT2D eigenvalue weighted by molar-refractivity contribution is -0.126. The monoisotopic (exact) mass is 360 g/mol. The van der Waals surface area contributed by atoms with Crippen LogP contribution in [0.1, 0.15) is 25.8 Å². The molecule has 25 heavy (non-hydrogen) atoms. The average Bonchev–Trinajstić information content (AvgIpc) is 2.55. The van der Waals surface area contributed by atoms with Crippen molar-refractivity contribution >= 4 is 29.1 Å². The van der Waals surface area contributed by atoms with Gasteiger partial charge in [0.1, 0.15) is 12.2 Å². The molecule has 0 heterocycles. The van der Waals surface area contributed by atoms with Gasteiger partial charge in [0.15, 0.2) is 0 Å². The van der Waals surface area contributed by atoms with Gasteiger partial charge in [0.2, 0.25) is 11.8 Å². The standard InChI is InChI=1S/C19H21ClN2O3/c1-13(2)25-17-6-4-3-5-16(17)22-19(24)11-18(23)21-12-14-7-9-15(20)10-8-14/h3-10,13H,11-12H2,1-2H3,(H,21,23)(H,22,24). The van der Waals surface area contributed by atoms with E-state index in [1.807, 2.05) is 32.0 Å². The van der Waals surface area contributed by atoms with Crippen LogP contribution in [0.15, 0.2) is 48.5 Å². The summed E-state index contributed by atoms with van der Waals surface area (Å²) in [7, 11) is 0. The molecule has 6 heteroatoms. The smallest absolute Gasteiger partial charge is 0.233 e. The first-order valence-electron chi connectivity index (χ1n) is 8.00. The summed E-state index contributed by atoms with van der Waals surface area (Å²) in [4.78, 5) is 24.0. The number of hydrogen-bond acceptors (Lipinski definition) is 3. The van der Waals surface area contributed by atoms with Crippen LogP contribution in [0.3, 0.4) is 0 Å². The molecule has 0 radical (unpaired) electrons. The highest BCUT2D eigenvalue weighted by atomic mass is 35.5. The van der Waals surface area contributed by atoms with Gasteiger partial charge in [0.25, 0.3) is 0 Å². The molecule has 0 aromatic heterocycles. The third-order valence-corrected chi connectivity index (χ3v) is 3.50. The van der Waals surface area contributed by atoms with Crippen LogP contribution >= 0.6 is 11.6 Å². The molecule has 2 aromatic rings. The number of carbonyl (C=O) groups is 2. The molecule has 2 aromatic carbocycles. The Hall–Kier alpha value is -2.53. The van der Waals surface area contributed by atoms with E-state index in [0.29, 0.717) is 23.0 Å². The lowest BCUT2D eigenvalue weighted by Gasteiger charge is -2.14. The Morgan fingerprint density at radius 2 is 1.72 bits per heavy atom. The summed E-state index contributed by atoms with van der Waals surface area (Å²) < 4.78 is 5.64. The minimum absolute atomic E-state index is 0.0132. The topological polar surface area (TPSA) is 67.4 Å². The van der Waals surface area contributed by atoms with Crippen LogP contribution in [0, 0.1) is 0 Å². The number of nitrogens with one attached hydrogen (secondary N) is 2. The number of benzene rings is 2. The molecule has 0 aliphatic carbocycles. The molecule has 0 atom stereocenters. The molecule has 0 fully saturated rings. The fourth-order valence-corrected chi connectivity index (χ4v) is 2.26. The van der Waals surface area contributed by atoms with E-state index >= 15 is 0 Å². The fourth-order valence-electron chi connectivity index (χ4n) is 2.13. The van der Waals surface area contributed by atoms with Gasteiger partial charge in [-0.2, -0.15) is 0 Å². The van der Waals surface area contributed by atoms with Crippen molar-refractivity contribution in [1.82, 2.24) is 5.32 Å². The molecule has 0 saturated heterocycles. The molecule has 2 N–H and O–H groups in total. The highest BCUT2D eigenvalue weighted by Gasteiger charge is 2.12. The molecule has 2 amide bonds. The van der Waals surface area contributed by atoms with Crippen LogP contribution in [0.2, 0.25) is 5.02 Å². The van der Waals surface area contributed by atoms with Gasteiger partial charge < -0.3 is 15.4 Å². The summed E-state index contributed by atoms with van der Waals surface area (Å²) in [6.45, 7) is 4.15. The van der Waals surface area contributed by atoms with Crippen LogP contribution in [0.25, 0.3) is 0 Å². The lowest BCUT2D eigenvalue weighted by atomic mass is 10.2.